The molecule has 3 rings (SSSR count). The molecule has 130 valence electrons. The van der Waals surface area contributed by atoms with Gasteiger partial charge < -0.3 is 4.90 Å². The summed E-state index contributed by atoms with van der Waals surface area (Å²) in [6.07, 6.45) is 4.18. The summed E-state index contributed by atoms with van der Waals surface area (Å²) in [6, 6.07) is 7.01. The van der Waals surface area contributed by atoms with E-state index in [1.807, 2.05) is 13.2 Å². The molecule has 0 N–H and O–H groups in total. The molecule has 0 atom stereocenters. The molecule has 1 aromatic heterocycles. The lowest BCUT2D eigenvalue weighted by Crippen LogP contribution is -2.28. The van der Waals surface area contributed by atoms with Crippen LogP contribution < -0.4 is 0 Å². The standard InChI is InChI=1S/C18H20N4O3/c1-20(10-14-9-19-21(2)11-14)18(25)15-5-3-13(4-6-15)12-22-16(23)7-8-17(22)24/h3-6,9,11H,7-8,10,12H2,1-2H3. The fourth-order valence-electron chi connectivity index (χ4n) is 2.85. The number of amides is 3. The lowest BCUT2D eigenvalue weighted by molar-refractivity contribution is -0.139. The van der Waals surface area contributed by atoms with Crippen LogP contribution in [0.2, 0.25) is 0 Å². The minimum atomic E-state index is -0.138. The van der Waals surface area contributed by atoms with Crippen molar-refractivity contribution < 1.29 is 14.4 Å². The van der Waals surface area contributed by atoms with Crippen LogP contribution >= 0.6 is 0 Å². The minimum absolute atomic E-state index is 0.0938. The van der Waals surface area contributed by atoms with E-state index in [-0.39, 0.29) is 37.1 Å². The molecule has 1 aromatic carbocycles. The highest BCUT2D eigenvalue weighted by molar-refractivity contribution is 6.01. The fraction of sp³-hybridized carbons (Fsp3) is 0.333. The molecule has 0 bridgehead atoms. The number of rotatable bonds is 5. The van der Waals surface area contributed by atoms with Gasteiger partial charge in [0.05, 0.1) is 12.7 Å². The van der Waals surface area contributed by atoms with E-state index in [1.165, 1.54) is 4.90 Å². The van der Waals surface area contributed by atoms with Gasteiger partial charge in [0.1, 0.15) is 0 Å². The Kier molecular flexibility index (Phi) is 4.65. The average Bonchev–Trinajstić information content (AvgIpc) is 3.14. The van der Waals surface area contributed by atoms with Crippen LogP contribution in [0.3, 0.4) is 0 Å². The molecule has 7 heteroatoms. The van der Waals surface area contributed by atoms with Crippen LogP contribution in [0.4, 0.5) is 0 Å². The molecule has 25 heavy (non-hydrogen) atoms. The molecule has 1 aliphatic rings. The third-order valence-corrected chi connectivity index (χ3v) is 4.22. The van der Waals surface area contributed by atoms with Crippen molar-refractivity contribution >= 4 is 17.7 Å². The highest BCUT2D eigenvalue weighted by atomic mass is 16.2. The van der Waals surface area contributed by atoms with E-state index in [9.17, 15) is 14.4 Å². The van der Waals surface area contributed by atoms with Crippen LogP contribution in [-0.4, -0.2) is 44.3 Å². The minimum Gasteiger partial charge on any atom is -0.337 e. The number of hydrogen-bond acceptors (Lipinski definition) is 4. The Morgan fingerprint density at radius 3 is 2.32 bits per heavy atom. The average molecular weight is 340 g/mol. The predicted molar refractivity (Wildman–Crippen MR) is 90.2 cm³/mol. The molecule has 0 radical (unpaired) electrons. The maximum atomic E-state index is 12.5. The smallest absolute Gasteiger partial charge is 0.253 e. The number of carbonyl (C=O) groups excluding carboxylic acids is 3. The molecule has 1 aliphatic heterocycles. The first-order chi connectivity index (χ1) is 11.9. The number of benzene rings is 1. The van der Waals surface area contributed by atoms with Crippen LogP contribution in [-0.2, 0) is 29.7 Å². The number of aromatic nitrogens is 2. The zero-order chi connectivity index (χ0) is 18.0. The van der Waals surface area contributed by atoms with Gasteiger partial charge in [-0.1, -0.05) is 12.1 Å². The Morgan fingerprint density at radius 1 is 1.12 bits per heavy atom. The third kappa shape index (κ3) is 3.76. The first kappa shape index (κ1) is 16.9. The Bertz CT molecular complexity index is 794. The van der Waals surface area contributed by atoms with Crippen molar-refractivity contribution in [1.29, 1.82) is 0 Å². The number of carbonyl (C=O) groups is 3. The van der Waals surface area contributed by atoms with Crippen LogP contribution in [0.25, 0.3) is 0 Å². The molecule has 1 saturated heterocycles. The molecule has 0 unspecified atom stereocenters. The molecule has 3 amide bonds. The highest BCUT2D eigenvalue weighted by Gasteiger charge is 2.28. The molecule has 0 aliphatic carbocycles. The first-order valence-corrected chi connectivity index (χ1v) is 8.09. The van der Waals surface area contributed by atoms with Crippen molar-refractivity contribution in [2.45, 2.75) is 25.9 Å². The van der Waals surface area contributed by atoms with Gasteiger partial charge in [-0.05, 0) is 17.7 Å². The van der Waals surface area contributed by atoms with Crippen molar-refractivity contribution in [3.63, 3.8) is 0 Å². The van der Waals surface area contributed by atoms with E-state index < -0.39 is 0 Å². The van der Waals surface area contributed by atoms with Gasteiger partial charge in [0.15, 0.2) is 0 Å². The molecule has 2 heterocycles. The van der Waals surface area contributed by atoms with E-state index >= 15 is 0 Å². The zero-order valence-electron chi connectivity index (χ0n) is 14.3. The third-order valence-electron chi connectivity index (χ3n) is 4.22. The summed E-state index contributed by atoms with van der Waals surface area (Å²) in [5.41, 5.74) is 2.35. The van der Waals surface area contributed by atoms with Gasteiger partial charge in [0.25, 0.3) is 5.91 Å². The van der Waals surface area contributed by atoms with Gasteiger partial charge in [-0.2, -0.15) is 5.10 Å². The summed E-state index contributed by atoms with van der Waals surface area (Å²) in [7, 11) is 3.57. The topological polar surface area (TPSA) is 75.5 Å². The number of hydrogen-bond donors (Lipinski definition) is 0. The summed E-state index contributed by atoms with van der Waals surface area (Å²) in [6.45, 7) is 0.739. The van der Waals surface area contributed by atoms with Crippen LogP contribution in [0.5, 0.6) is 0 Å². The van der Waals surface area contributed by atoms with Gasteiger partial charge in [-0.3, -0.25) is 24.0 Å². The number of imide groups is 1. The number of aryl methyl sites for hydroxylation is 1. The molecular weight excluding hydrogens is 320 g/mol. The lowest BCUT2D eigenvalue weighted by Gasteiger charge is -2.17. The lowest BCUT2D eigenvalue weighted by atomic mass is 10.1. The quantitative estimate of drug-likeness (QED) is 0.770. The maximum absolute atomic E-state index is 12.5. The Hall–Kier alpha value is -2.96. The van der Waals surface area contributed by atoms with Gasteiger partial charge >= 0.3 is 0 Å². The first-order valence-electron chi connectivity index (χ1n) is 8.09. The second-order valence-corrected chi connectivity index (χ2v) is 6.25. The summed E-state index contributed by atoms with van der Waals surface area (Å²) >= 11 is 0. The van der Waals surface area contributed by atoms with E-state index in [2.05, 4.69) is 5.10 Å². The summed E-state index contributed by atoms with van der Waals surface area (Å²) in [5, 5.41) is 4.09. The van der Waals surface area contributed by atoms with Crippen LogP contribution in [0.15, 0.2) is 36.7 Å². The molecule has 0 spiro atoms. The van der Waals surface area contributed by atoms with E-state index in [1.54, 1.807) is 47.1 Å². The van der Waals surface area contributed by atoms with Crippen molar-refractivity contribution in [3.05, 3.63) is 53.3 Å². The maximum Gasteiger partial charge on any atom is 0.253 e. The Labute approximate surface area is 145 Å². The monoisotopic (exact) mass is 340 g/mol. The largest absolute Gasteiger partial charge is 0.337 e. The molecule has 0 saturated carbocycles. The molecule has 2 aromatic rings. The second-order valence-electron chi connectivity index (χ2n) is 6.25. The SMILES string of the molecule is CN(Cc1cnn(C)c1)C(=O)c1ccc(CN2C(=O)CCC2=O)cc1. The van der Waals surface area contributed by atoms with Gasteiger partial charge in [0.2, 0.25) is 11.8 Å². The highest BCUT2D eigenvalue weighted by Crippen LogP contribution is 2.17. The van der Waals surface area contributed by atoms with Gasteiger partial charge in [-0.15, -0.1) is 0 Å². The number of nitrogens with zero attached hydrogens (tertiary/aromatic N) is 4. The molecular formula is C18H20N4O3. The molecule has 7 nitrogen and oxygen atoms in total. The number of likely N-dealkylation sites (tertiary alicyclic amines) is 1. The Balaban J connectivity index is 1.64. The second kappa shape index (κ2) is 6.88. The van der Waals surface area contributed by atoms with E-state index in [0.717, 1.165) is 11.1 Å². The normalized spacial score (nSPS) is 14.2. The predicted octanol–water partition coefficient (Wildman–Crippen LogP) is 1.34. The van der Waals surface area contributed by atoms with Crippen molar-refractivity contribution in [2.24, 2.45) is 7.05 Å². The Morgan fingerprint density at radius 2 is 1.76 bits per heavy atom. The molecule has 1 fully saturated rings. The fourth-order valence-corrected chi connectivity index (χ4v) is 2.85. The van der Waals surface area contributed by atoms with Crippen LogP contribution in [0, 0.1) is 0 Å². The van der Waals surface area contributed by atoms with Crippen molar-refractivity contribution in [1.82, 2.24) is 19.6 Å². The van der Waals surface area contributed by atoms with Gasteiger partial charge in [-0.25, -0.2) is 0 Å². The summed E-state index contributed by atoms with van der Waals surface area (Å²) in [4.78, 5) is 38.7. The summed E-state index contributed by atoms with van der Waals surface area (Å²) < 4.78 is 1.70. The van der Waals surface area contributed by atoms with Crippen molar-refractivity contribution in [2.75, 3.05) is 7.05 Å². The van der Waals surface area contributed by atoms with Crippen molar-refractivity contribution in [3.8, 4) is 0 Å². The van der Waals surface area contributed by atoms with Crippen LogP contribution in [0.1, 0.15) is 34.3 Å². The van der Waals surface area contributed by atoms with Gasteiger partial charge in [0, 0.05) is 50.8 Å². The van der Waals surface area contributed by atoms with E-state index in [0.29, 0.717) is 12.1 Å². The summed E-state index contributed by atoms with van der Waals surface area (Å²) in [5.74, 6) is -0.369. The van der Waals surface area contributed by atoms with E-state index in [4.69, 9.17) is 0 Å². The zero-order valence-corrected chi connectivity index (χ0v) is 14.3.